The van der Waals surface area contributed by atoms with E-state index in [1.807, 2.05) is 18.2 Å². The SMILES string of the molecule is C=C(C)C(=O)Nc1ccc(C[N+](C)(C)Cc2ccccc2)cc1.[Cl-]. The van der Waals surface area contributed by atoms with Gasteiger partial charge in [-0.1, -0.05) is 49.0 Å². The number of rotatable bonds is 6. The number of anilines is 1. The number of nitrogens with zero attached hydrogens (tertiary/aromatic N) is 1. The fraction of sp³-hybridized carbons (Fsp3) is 0.250. The topological polar surface area (TPSA) is 29.1 Å². The summed E-state index contributed by atoms with van der Waals surface area (Å²) >= 11 is 0. The van der Waals surface area contributed by atoms with Crippen molar-refractivity contribution >= 4 is 11.6 Å². The lowest BCUT2D eigenvalue weighted by Crippen LogP contribution is -3.00. The molecule has 0 fully saturated rings. The second-order valence-electron chi connectivity index (χ2n) is 6.67. The Bertz CT molecular complexity index is 679. The lowest BCUT2D eigenvalue weighted by atomic mass is 10.1. The van der Waals surface area contributed by atoms with E-state index in [1.165, 1.54) is 11.1 Å². The van der Waals surface area contributed by atoms with Gasteiger partial charge in [-0.05, 0) is 19.1 Å². The first kappa shape index (κ1) is 19.9. The Morgan fingerprint density at radius 1 is 0.958 bits per heavy atom. The Kier molecular flexibility index (Phi) is 7.20. The molecule has 3 nitrogen and oxygen atoms in total. The van der Waals surface area contributed by atoms with Crippen molar-refractivity contribution in [2.45, 2.75) is 20.0 Å². The molecule has 24 heavy (non-hydrogen) atoms. The van der Waals surface area contributed by atoms with Gasteiger partial charge in [-0.2, -0.15) is 0 Å². The first-order valence-electron chi connectivity index (χ1n) is 7.77. The van der Waals surface area contributed by atoms with Crippen LogP contribution in [-0.4, -0.2) is 24.5 Å². The van der Waals surface area contributed by atoms with E-state index in [1.54, 1.807) is 6.92 Å². The van der Waals surface area contributed by atoms with Crippen molar-refractivity contribution in [1.29, 1.82) is 0 Å². The van der Waals surface area contributed by atoms with Crippen LogP contribution in [0.15, 0.2) is 66.7 Å². The van der Waals surface area contributed by atoms with E-state index < -0.39 is 0 Å². The molecule has 0 spiro atoms. The average molecular weight is 345 g/mol. The molecule has 4 heteroatoms. The highest BCUT2D eigenvalue weighted by Gasteiger charge is 2.16. The third kappa shape index (κ3) is 6.19. The van der Waals surface area contributed by atoms with Crippen LogP contribution in [0.25, 0.3) is 0 Å². The van der Waals surface area contributed by atoms with Crippen molar-refractivity contribution in [3.05, 3.63) is 77.9 Å². The molecule has 0 heterocycles. The number of carbonyl (C=O) groups excluding carboxylic acids is 1. The van der Waals surface area contributed by atoms with E-state index in [9.17, 15) is 4.79 Å². The Morgan fingerprint density at radius 3 is 1.96 bits per heavy atom. The molecule has 0 aromatic heterocycles. The fourth-order valence-corrected chi connectivity index (χ4v) is 2.56. The maximum Gasteiger partial charge on any atom is 0.250 e. The van der Waals surface area contributed by atoms with Crippen LogP contribution in [0.5, 0.6) is 0 Å². The van der Waals surface area contributed by atoms with E-state index in [0.29, 0.717) is 5.57 Å². The Labute approximate surface area is 151 Å². The van der Waals surface area contributed by atoms with Gasteiger partial charge in [0, 0.05) is 22.4 Å². The van der Waals surface area contributed by atoms with Gasteiger partial charge in [-0.25, -0.2) is 0 Å². The molecule has 0 aliphatic rings. The minimum atomic E-state index is -0.141. The first-order valence-corrected chi connectivity index (χ1v) is 7.77. The molecule has 2 aromatic carbocycles. The fourth-order valence-electron chi connectivity index (χ4n) is 2.56. The molecule has 0 saturated heterocycles. The first-order chi connectivity index (χ1) is 10.9. The summed E-state index contributed by atoms with van der Waals surface area (Å²) in [7, 11) is 4.45. The van der Waals surface area contributed by atoms with Crippen LogP contribution in [0.2, 0.25) is 0 Å². The predicted molar refractivity (Wildman–Crippen MR) is 95.8 cm³/mol. The summed E-state index contributed by atoms with van der Waals surface area (Å²) in [5.74, 6) is -0.141. The lowest BCUT2D eigenvalue weighted by Gasteiger charge is -2.30. The third-order valence-electron chi connectivity index (χ3n) is 3.66. The number of benzene rings is 2. The van der Waals surface area contributed by atoms with E-state index >= 15 is 0 Å². The van der Waals surface area contributed by atoms with E-state index in [2.05, 4.69) is 62.4 Å². The molecule has 0 saturated carbocycles. The molecule has 2 rings (SSSR count). The summed E-state index contributed by atoms with van der Waals surface area (Å²) in [6, 6.07) is 18.5. The predicted octanol–water partition coefficient (Wildman–Crippen LogP) is 0.982. The minimum Gasteiger partial charge on any atom is -1.00 e. The van der Waals surface area contributed by atoms with Crippen LogP contribution >= 0.6 is 0 Å². The van der Waals surface area contributed by atoms with Crippen molar-refractivity contribution in [2.24, 2.45) is 0 Å². The lowest BCUT2D eigenvalue weighted by molar-refractivity contribution is -0.916. The molecular weight excluding hydrogens is 320 g/mol. The second kappa shape index (κ2) is 8.67. The number of hydrogen-bond acceptors (Lipinski definition) is 1. The molecule has 2 aromatic rings. The number of nitrogens with one attached hydrogen (secondary N) is 1. The van der Waals surface area contributed by atoms with Crippen molar-refractivity contribution < 1.29 is 21.7 Å². The summed E-state index contributed by atoms with van der Waals surface area (Å²) in [4.78, 5) is 11.6. The summed E-state index contributed by atoms with van der Waals surface area (Å²) in [6.07, 6.45) is 0. The Morgan fingerprint density at radius 2 is 1.46 bits per heavy atom. The standard InChI is InChI=1S/C20H24N2O.ClH/c1-16(2)20(23)21-19-12-10-18(11-13-19)15-22(3,4)14-17-8-6-5-7-9-17;/h5-13H,1,14-15H2,2-4H3;1H. The van der Waals surface area contributed by atoms with Gasteiger partial charge in [0.2, 0.25) is 0 Å². The molecule has 0 aliphatic carbocycles. The molecule has 128 valence electrons. The van der Waals surface area contributed by atoms with Gasteiger partial charge in [-0.3, -0.25) is 4.79 Å². The van der Waals surface area contributed by atoms with E-state index in [4.69, 9.17) is 0 Å². The second-order valence-corrected chi connectivity index (χ2v) is 6.67. The number of halogens is 1. The number of quaternary nitrogens is 1. The highest BCUT2D eigenvalue weighted by atomic mass is 35.5. The number of hydrogen-bond donors (Lipinski definition) is 1. The average Bonchev–Trinajstić information content (AvgIpc) is 2.49. The summed E-state index contributed by atoms with van der Waals surface area (Å²) < 4.78 is 0.876. The number of carbonyl (C=O) groups is 1. The molecule has 1 N–H and O–H groups in total. The molecule has 0 aliphatic heterocycles. The monoisotopic (exact) mass is 344 g/mol. The summed E-state index contributed by atoms with van der Waals surface area (Å²) in [5, 5.41) is 2.83. The van der Waals surface area contributed by atoms with Crippen LogP contribution in [-0.2, 0) is 17.9 Å². The third-order valence-corrected chi connectivity index (χ3v) is 3.66. The summed E-state index contributed by atoms with van der Waals surface area (Å²) in [5.41, 5.74) is 3.90. The minimum absolute atomic E-state index is 0. The van der Waals surface area contributed by atoms with Gasteiger partial charge >= 0.3 is 0 Å². The van der Waals surface area contributed by atoms with Gasteiger partial charge in [0.05, 0.1) is 14.1 Å². The van der Waals surface area contributed by atoms with E-state index in [0.717, 1.165) is 23.3 Å². The van der Waals surface area contributed by atoms with Crippen molar-refractivity contribution in [3.63, 3.8) is 0 Å². The van der Waals surface area contributed by atoms with Gasteiger partial charge in [0.25, 0.3) is 5.91 Å². The van der Waals surface area contributed by atoms with Crippen LogP contribution in [0, 0.1) is 0 Å². The summed E-state index contributed by atoms with van der Waals surface area (Å²) in [6.45, 7) is 7.26. The van der Waals surface area contributed by atoms with Gasteiger partial charge in [0.15, 0.2) is 0 Å². The molecule has 0 unspecified atom stereocenters. The van der Waals surface area contributed by atoms with E-state index in [-0.39, 0.29) is 18.3 Å². The number of amides is 1. The Hall–Kier alpha value is -2.10. The highest BCUT2D eigenvalue weighted by Crippen LogP contribution is 2.17. The van der Waals surface area contributed by atoms with Crippen molar-refractivity contribution in [2.75, 3.05) is 19.4 Å². The molecule has 0 atom stereocenters. The van der Waals surface area contributed by atoms with Crippen LogP contribution in [0.1, 0.15) is 18.1 Å². The van der Waals surface area contributed by atoms with Crippen LogP contribution in [0.4, 0.5) is 5.69 Å². The zero-order chi connectivity index (χ0) is 16.9. The smallest absolute Gasteiger partial charge is 0.250 e. The van der Waals surface area contributed by atoms with Gasteiger partial charge < -0.3 is 22.2 Å². The maximum absolute atomic E-state index is 11.6. The zero-order valence-electron chi connectivity index (χ0n) is 14.6. The largest absolute Gasteiger partial charge is 1.00 e. The normalized spacial score (nSPS) is 10.6. The van der Waals surface area contributed by atoms with Crippen LogP contribution in [0.3, 0.4) is 0 Å². The zero-order valence-corrected chi connectivity index (χ0v) is 15.3. The van der Waals surface area contributed by atoms with Crippen molar-refractivity contribution in [1.82, 2.24) is 0 Å². The Balaban J connectivity index is 0.00000288. The maximum atomic E-state index is 11.6. The van der Waals surface area contributed by atoms with Gasteiger partial charge in [-0.15, -0.1) is 0 Å². The molecule has 0 radical (unpaired) electrons. The highest BCUT2D eigenvalue weighted by molar-refractivity contribution is 6.02. The molecule has 1 amide bonds. The van der Waals surface area contributed by atoms with Gasteiger partial charge in [0.1, 0.15) is 13.1 Å². The molecule has 0 bridgehead atoms. The molecular formula is C20H25ClN2O. The van der Waals surface area contributed by atoms with Crippen LogP contribution < -0.4 is 17.7 Å². The quantitative estimate of drug-likeness (QED) is 0.614. The van der Waals surface area contributed by atoms with Crippen molar-refractivity contribution in [3.8, 4) is 0 Å².